The predicted molar refractivity (Wildman–Crippen MR) is 46.5 cm³/mol. The molecule has 66 valence electrons. The van der Waals surface area contributed by atoms with E-state index in [0.29, 0.717) is 5.69 Å². The summed E-state index contributed by atoms with van der Waals surface area (Å²) < 4.78 is 1.73. The molecule has 0 saturated carbocycles. The molecule has 0 unspecified atom stereocenters. The van der Waals surface area contributed by atoms with Gasteiger partial charge in [0.05, 0.1) is 0 Å². The van der Waals surface area contributed by atoms with E-state index in [1.54, 1.807) is 11.6 Å². The van der Waals surface area contributed by atoms with Gasteiger partial charge in [0.15, 0.2) is 0 Å². The van der Waals surface area contributed by atoms with Gasteiger partial charge in [0.1, 0.15) is 5.69 Å². The highest BCUT2D eigenvalue weighted by Crippen LogP contribution is 2.13. The first-order valence-electron chi connectivity index (χ1n) is 3.96. The van der Waals surface area contributed by atoms with Crippen LogP contribution in [0.15, 0.2) is 6.07 Å². The van der Waals surface area contributed by atoms with E-state index in [4.69, 9.17) is 5.11 Å². The molecule has 1 aromatic heterocycles. The highest BCUT2D eigenvalue weighted by molar-refractivity contribution is 5.87. The molecule has 0 aliphatic rings. The Labute approximate surface area is 71.6 Å². The minimum atomic E-state index is -0.852. The predicted octanol–water partition coefficient (Wildman–Crippen LogP) is 1.59. The first-order chi connectivity index (χ1) is 5.57. The van der Waals surface area contributed by atoms with Crippen molar-refractivity contribution in [1.82, 2.24) is 4.57 Å². The van der Waals surface area contributed by atoms with E-state index >= 15 is 0 Å². The van der Waals surface area contributed by atoms with E-state index in [9.17, 15) is 4.79 Å². The Morgan fingerprint density at radius 3 is 2.50 bits per heavy atom. The summed E-state index contributed by atoms with van der Waals surface area (Å²) in [4.78, 5) is 10.8. The van der Waals surface area contributed by atoms with Crippen molar-refractivity contribution in [2.45, 2.75) is 20.3 Å². The van der Waals surface area contributed by atoms with E-state index in [-0.39, 0.29) is 0 Å². The van der Waals surface area contributed by atoms with Crippen molar-refractivity contribution >= 4 is 5.97 Å². The lowest BCUT2D eigenvalue weighted by molar-refractivity contribution is 0.0685. The van der Waals surface area contributed by atoms with Gasteiger partial charge in [0.2, 0.25) is 0 Å². The van der Waals surface area contributed by atoms with Crippen molar-refractivity contribution < 1.29 is 9.90 Å². The fourth-order valence-electron chi connectivity index (χ4n) is 1.47. The summed E-state index contributed by atoms with van der Waals surface area (Å²) in [6.45, 7) is 3.84. The van der Waals surface area contributed by atoms with Crippen LogP contribution in [0.4, 0.5) is 0 Å². The summed E-state index contributed by atoms with van der Waals surface area (Å²) in [5.74, 6) is -0.852. The van der Waals surface area contributed by atoms with Crippen molar-refractivity contribution in [2.24, 2.45) is 7.05 Å². The minimum absolute atomic E-state index is 0.395. The molecular weight excluding hydrogens is 154 g/mol. The van der Waals surface area contributed by atoms with Gasteiger partial charge in [0, 0.05) is 12.7 Å². The average molecular weight is 167 g/mol. The molecule has 0 bridgehead atoms. The molecule has 0 aliphatic heterocycles. The van der Waals surface area contributed by atoms with E-state index in [2.05, 4.69) is 0 Å². The molecular formula is C9H13NO2. The molecule has 1 heterocycles. The van der Waals surface area contributed by atoms with Gasteiger partial charge in [-0.2, -0.15) is 0 Å². The van der Waals surface area contributed by atoms with E-state index < -0.39 is 5.97 Å². The molecule has 12 heavy (non-hydrogen) atoms. The topological polar surface area (TPSA) is 42.2 Å². The fraction of sp³-hybridized carbons (Fsp3) is 0.444. The van der Waals surface area contributed by atoms with Crippen LogP contribution in [-0.4, -0.2) is 15.6 Å². The fourth-order valence-corrected chi connectivity index (χ4v) is 1.47. The number of carbonyl (C=O) groups is 1. The Morgan fingerprint density at radius 2 is 2.25 bits per heavy atom. The van der Waals surface area contributed by atoms with Gasteiger partial charge in [0.25, 0.3) is 0 Å². The number of aryl methyl sites for hydroxylation is 2. The van der Waals surface area contributed by atoms with Gasteiger partial charge in [-0.05, 0) is 25.0 Å². The zero-order valence-electron chi connectivity index (χ0n) is 7.59. The third kappa shape index (κ3) is 1.22. The molecule has 1 N–H and O–H groups in total. The summed E-state index contributed by atoms with van der Waals surface area (Å²) in [5, 5.41) is 8.83. The molecule has 0 saturated heterocycles. The van der Waals surface area contributed by atoms with Crippen molar-refractivity contribution in [2.75, 3.05) is 0 Å². The van der Waals surface area contributed by atoms with Crippen LogP contribution in [0.2, 0.25) is 0 Å². The van der Waals surface area contributed by atoms with E-state index in [1.807, 2.05) is 19.9 Å². The minimum Gasteiger partial charge on any atom is -0.477 e. The highest BCUT2D eigenvalue weighted by atomic mass is 16.4. The highest BCUT2D eigenvalue weighted by Gasteiger charge is 2.13. The molecule has 0 aliphatic carbocycles. The number of carboxylic acids is 1. The number of carboxylic acid groups (broad SMARTS) is 1. The maximum atomic E-state index is 10.8. The van der Waals surface area contributed by atoms with Crippen LogP contribution in [0.1, 0.15) is 28.7 Å². The van der Waals surface area contributed by atoms with Gasteiger partial charge in [-0.25, -0.2) is 4.79 Å². The van der Waals surface area contributed by atoms with E-state index in [0.717, 1.165) is 17.7 Å². The Kier molecular flexibility index (Phi) is 2.22. The Balaban J connectivity index is 3.28. The zero-order valence-corrected chi connectivity index (χ0v) is 7.59. The molecule has 1 aromatic rings. The van der Waals surface area contributed by atoms with Crippen molar-refractivity contribution in [3.05, 3.63) is 23.0 Å². The van der Waals surface area contributed by atoms with Gasteiger partial charge in [-0.1, -0.05) is 6.92 Å². The van der Waals surface area contributed by atoms with Crippen LogP contribution in [-0.2, 0) is 13.5 Å². The molecule has 1 rings (SSSR count). The Bertz CT molecular complexity index is 313. The average Bonchev–Trinajstić information content (AvgIpc) is 2.25. The Morgan fingerprint density at radius 1 is 1.67 bits per heavy atom. The van der Waals surface area contributed by atoms with Crippen molar-refractivity contribution in [3.63, 3.8) is 0 Å². The number of hydrogen-bond donors (Lipinski definition) is 1. The molecule has 0 aromatic carbocycles. The van der Waals surface area contributed by atoms with Gasteiger partial charge in [-0.3, -0.25) is 0 Å². The number of nitrogens with zero attached hydrogens (tertiary/aromatic N) is 1. The third-order valence-electron chi connectivity index (χ3n) is 2.09. The normalized spacial score (nSPS) is 10.2. The largest absolute Gasteiger partial charge is 0.477 e. The van der Waals surface area contributed by atoms with Crippen LogP contribution >= 0.6 is 0 Å². The summed E-state index contributed by atoms with van der Waals surface area (Å²) >= 11 is 0. The number of aromatic nitrogens is 1. The second kappa shape index (κ2) is 3.01. The van der Waals surface area contributed by atoms with Crippen LogP contribution in [0.25, 0.3) is 0 Å². The first-order valence-corrected chi connectivity index (χ1v) is 3.96. The van der Waals surface area contributed by atoms with Gasteiger partial charge >= 0.3 is 5.97 Å². The summed E-state index contributed by atoms with van der Waals surface area (Å²) in [6.07, 6.45) is 0.866. The lowest BCUT2D eigenvalue weighted by Gasteiger charge is -2.01. The summed E-state index contributed by atoms with van der Waals surface area (Å²) in [5.41, 5.74) is 2.29. The maximum Gasteiger partial charge on any atom is 0.352 e. The molecule has 3 nitrogen and oxygen atoms in total. The zero-order chi connectivity index (χ0) is 9.30. The van der Waals surface area contributed by atoms with E-state index in [1.165, 1.54) is 0 Å². The maximum absolute atomic E-state index is 10.8. The molecule has 0 amide bonds. The molecule has 3 heteroatoms. The van der Waals surface area contributed by atoms with Gasteiger partial charge in [-0.15, -0.1) is 0 Å². The van der Waals surface area contributed by atoms with Gasteiger partial charge < -0.3 is 9.67 Å². The quantitative estimate of drug-likeness (QED) is 0.726. The lowest BCUT2D eigenvalue weighted by Crippen LogP contribution is -2.07. The number of hydrogen-bond acceptors (Lipinski definition) is 1. The van der Waals surface area contributed by atoms with Crippen molar-refractivity contribution in [1.29, 1.82) is 0 Å². The Hall–Kier alpha value is -1.25. The molecule has 0 spiro atoms. The summed E-state index contributed by atoms with van der Waals surface area (Å²) in [7, 11) is 1.79. The standard InChI is InChI=1S/C9H13NO2/c1-4-7-5-6(2)8(9(11)12)10(7)3/h5H,4H2,1-3H3,(H,11,12). The SMILES string of the molecule is CCc1cc(C)c(C(=O)O)n1C. The van der Waals surface area contributed by atoms with Crippen LogP contribution in [0.3, 0.4) is 0 Å². The molecule has 0 fully saturated rings. The third-order valence-corrected chi connectivity index (χ3v) is 2.09. The molecule has 0 atom stereocenters. The summed E-state index contributed by atoms with van der Waals surface area (Å²) in [6, 6.07) is 1.92. The van der Waals surface area contributed by atoms with Crippen LogP contribution in [0, 0.1) is 6.92 Å². The monoisotopic (exact) mass is 167 g/mol. The second-order valence-electron chi connectivity index (χ2n) is 2.89. The molecule has 0 radical (unpaired) electrons. The van der Waals surface area contributed by atoms with Crippen molar-refractivity contribution in [3.8, 4) is 0 Å². The van der Waals surface area contributed by atoms with Crippen LogP contribution < -0.4 is 0 Å². The lowest BCUT2D eigenvalue weighted by atomic mass is 10.2. The smallest absolute Gasteiger partial charge is 0.352 e. The number of aromatic carboxylic acids is 1. The second-order valence-corrected chi connectivity index (χ2v) is 2.89. The van der Waals surface area contributed by atoms with Crippen LogP contribution in [0.5, 0.6) is 0 Å². The first kappa shape index (κ1) is 8.84. The number of rotatable bonds is 2.